The van der Waals surface area contributed by atoms with E-state index in [1.807, 2.05) is 0 Å². The van der Waals surface area contributed by atoms with Gasteiger partial charge in [0.15, 0.2) is 0 Å². The second kappa shape index (κ2) is 30.2. The second-order valence-electron chi connectivity index (χ2n) is 9.55. The van der Waals surface area contributed by atoms with Crippen LogP contribution in [0.3, 0.4) is 0 Å². The minimum absolute atomic E-state index is 0. The van der Waals surface area contributed by atoms with Crippen LogP contribution in [0.15, 0.2) is 0 Å². The van der Waals surface area contributed by atoms with E-state index >= 15 is 0 Å². The van der Waals surface area contributed by atoms with E-state index < -0.39 is 41.9 Å². The molecule has 3 atom stereocenters. The maximum atomic E-state index is 11.8. The zero-order valence-electron chi connectivity index (χ0n) is 24.9. The topological polar surface area (TPSA) is 223 Å². The second-order valence-corrected chi connectivity index (χ2v) is 9.55. The Morgan fingerprint density at radius 3 is 1.16 bits per heavy atom. The van der Waals surface area contributed by atoms with Crippen LogP contribution >= 0.6 is 0 Å². The lowest BCUT2D eigenvalue weighted by Gasteiger charge is -2.15. The van der Waals surface area contributed by atoms with Gasteiger partial charge in [-0.25, -0.2) is 4.79 Å². The van der Waals surface area contributed by atoms with Crippen LogP contribution in [0, 0.1) is 0 Å². The van der Waals surface area contributed by atoms with Crippen molar-refractivity contribution in [1.82, 2.24) is 26.6 Å². The molecule has 0 bridgehead atoms. The van der Waals surface area contributed by atoms with Gasteiger partial charge in [-0.2, -0.15) is 0 Å². The molecule has 0 radical (unpaired) electrons. The number of carbonyl (C=O) groups is 6. The van der Waals surface area contributed by atoms with Gasteiger partial charge in [0.1, 0.15) is 18.1 Å². The van der Waals surface area contributed by atoms with Crippen LogP contribution in [0.25, 0.3) is 0 Å². The fourth-order valence-corrected chi connectivity index (χ4v) is 3.52. The Bertz CT molecular complexity index is 796. The van der Waals surface area contributed by atoms with Crippen LogP contribution in [-0.2, 0) is 28.8 Å². The highest BCUT2D eigenvalue weighted by molar-refractivity contribution is 5.85. The lowest BCUT2D eigenvalue weighted by molar-refractivity contribution is -0.143. The number of hydrogen-bond donors (Lipinski definition) is 8. The van der Waals surface area contributed by atoms with Crippen molar-refractivity contribution in [3.05, 3.63) is 0 Å². The van der Waals surface area contributed by atoms with Crippen molar-refractivity contribution in [2.45, 2.75) is 124 Å². The summed E-state index contributed by atoms with van der Waals surface area (Å²) in [7, 11) is 3.05. The minimum Gasteiger partial charge on any atom is -0.480 e. The first kappa shape index (κ1) is 46.7. The molecule has 0 aliphatic carbocycles. The molecule has 254 valence electrons. The number of carbonyl (C=O) groups excluding carboxylic acids is 3. The molecule has 0 aromatic carbocycles. The number of carboxylic acid groups (broad SMARTS) is 3. The molecule has 0 aromatic rings. The van der Waals surface area contributed by atoms with Gasteiger partial charge >= 0.3 is 17.9 Å². The fourth-order valence-electron chi connectivity index (χ4n) is 3.52. The van der Waals surface area contributed by atoms with Gasteiger partial charge in [-0.1, -0.05) is 54.4 Å². The predicted octanol–water partition coefficient (Wildman–Crippen LogP) is 2.11. The van der Waals surface area contributed by atoms with Crippen molar-refractivity contribution in [3.8, 4) is 0 Å². The Labute approximate surface area is 257 Å². The summed E-state index contributed by atoms with van der Waals surface area (Å²) >= 11 is 0. The van der Waals surface area contributed by atoms with Crippen molar-refractivity contribution < 1.29 is 44.1 Å². The number of aliphatic carboxylic acids is 3. The monoisotopic (exact) mass is 621 g/mol. The molecule has 0 fully saturated rings. The van der Waals surface area contributed by atoms with E-state index in [9.17, 15) is 28.8 Å². The molecule has 0 aliphatic rings. The molecule has 3 amide bonds. The molecular weight excluding hydrogens is 562 g/mol. The zero-order chi connectivity index (χ0) is 31.6. The third-order valence-corrected chi connectivity index (χ3v) is 6.11. The SMILES string of the molecule is C.C.CCCCCNC(=O)CC[C@H](NC(=O)CC[C@H](NC)C(=O)O)C(=O)O.CCCCCNC(=O)CC[C@H](NC)C(=O)O. The van der Waals surface area contributed by atoms with Crippen LogP contribution in [0.2, 0.25) is 0 Å². The summed E-state index contributed by atoms with van der Waals surface area (Å²) in [5.74, 6) is -4.10. The lowest BCUT2D eigenvalue weighted by Crippen LogP contribution is -2.42. The number of unbranched alkanes of at least 4 members (excludes halogenated alkanes) is 4. The Hall–Kier alpha value is -3.26. The summed E-state index contributed by atoms with van der Waals surface area (Å²) in [6, 6.07) is -2.68. The van der Waals surface area contributed by atoms with E-state index in [0.29, 0.717) is 19.5 Å². The first-order valence-electron chi connectivity index (χ1n) is 14.3. The molecule has 0 saturated carbocycles. The van der Waals surface area contributed by atoms with Gasteiger partial charge in [0.2, 0.25) is 17.7 Å². The molecular formula is C29H59N5O9. The maximum Gasteiger partial charge on any atom is 0.326 e. The summed E-state index contributed by atoms with van der Waals surface area (Å²) in [5, 5.41) is 39.8. The Morgan fingerprint density at radius 2 is 0.860 bits per heavy atom. The van der Waals surface area contributed by atoms with Crippen molar-refractivity contribution in [2.24, 2.45) is 0 Å². The molecule has 14 nitrogen and oxygen atoms in total. The van der Waals surface area contributed by atoms with E-state index in [1.54, 1.807) is 7.05 Å². The highest BCUT2D eigenvalue weighted by atomic mass is 16.4. The number of nitrogens with one attached hydrogen (secondary N) is 5. The average Bonchev–Trinajstić information content (AvgIpc) is 2.92. The maximum absolute atomic E-state index is 11.8. The van der Waals surface area contributed by atoms with Crippen LogP contribution in [0.4, 0.5) is 0 Å². The van der Waals surface area contributed by atoms with E-state index in [1.165, 1.54) is 7.05 Å². The van der Waals surface area contributed by atoms with Gasteiger partial charge < -0.3 is 41.9 Å². The van der Waals surface area contributed by atoms with Gasteiger partial charge in [0.25, 0.3) is 0 Å². The van der Waals surface area contributed by atoms with Crippen molar-refractivity contribution >= 4 is 35.6 Å². The molecule has 0 unspecified atom stereocenters. The molecule has 0 spiro atoms. The number of hydrogen-bond acceptors (Lipinski definition) is 8. The number of amides is 3. The van der Waals surface area contributed by atoms with Gasteiger partial charge in [-0.15, -0.1) is 0 Å². The largest absolute Gasteiger partial charge is 0.480 e. The van der Waals surface area contributed by atoms with Crippen LogP contribution in [-0.4, -0.2) is 96.3 Å². The van der Waals surface area contributed by atoms with E-state index in [2.05, 4.69) is 40.4 Å². The number of likely N-dealkylation sites (N-methyl/N-ethyl adjacent to an activating group) is 2. The van der Waals surface area contributed by atoms with E-state index in [0.717, 1.165) is 38.5 Å². The minimum atomic E-state index is -1.23. The summed E-state index contributed by atoms with van der Waals surface area (Å²) < 4.78 is 0. The summed E-state index contributed by atoms with van der Waals surface area (Å²) in [6.07, 6.45) is 6.62. The first-order valence-corrected chi connectivity index (χ1v) is 14.3. The average molecular weight is 622 g/mol. The van der Waals surface area contributed by atoms with Gasteiger partial charge in [-0.3, -0.25) is 24.0 Å². The van der Waals surface area contributed by atoms with Crippen molar-refractivity contribution in [3.63, 3.8) is 0 Å². The first-order chi connectivity index (χ1) is 19.4. The molecule has 0 aliphatic heterocycles. The smallest absolute Gasteiger partial charge is 0.326 e. The van der Waals surface area contributed by atoms with Crippen LogP contribution in [0.5, 0.6) is 0 Å². The fraction of sp³-hybridized carbons (Fsp3) is 0.793. The number of carboxylic acids is 3. The highest BCUT2D eigenvalue weighted by Crippen LogP contribution is 2.03. The lowest BCUT2D eigenvalue weighted by atomic mass is 10.1. The van der Waals surface area contributed by atoms with E-state index in [4.69, 9.17) is 15.3 Å². The van der Waals surface area contributed by atoms with E-state index in [-0.39, 0.29) is 58.8 Å². The highest BCUT2D eigenvalue weighted by Gasteiger charge is 2.22. The third kappa shape index (κ3) is 27.3. The third-order valence-electron chi connectivity index (χ3n) is 6.11. The molecule has 0 heterocycles. The summed E-state index contributed by atoms with van der Waals surface area (Å²) in [6.45, 7) is 5.39. The quantitative estimate of drug-likeness (QED) is 0.0771. The van der Waals surface area contributed by atoms with Gasteiger partial charge in [0, 0.05) is 32.4 Å². The molecule has 8 N–H and O–H groups in total. The number of rotatable bonds is 23. The Morgan fingerprint density at radius 1 is 0.535 bits per heavy atom. The van der Waals surface area contributed by atoms with Crippen LogP contribution < -0.4 is 26.6 Å². The van der Waals surface area contributed by atoms with Crippen LogP contribution in [0.1, 0.15) is 106 Å². The normalized spacial score (nSPS) is 12.0. The molecule has 0 aromatic heterocycles. The van der Waals surface area contributed by atoms with Crippen molar-refractivity contribution in [1.29, 1.82) is 0 Å². The summed E-state index contributed by atoms with van der Waals surface area (Å²) in [5.41, 5.74) is 0. The Kier molecular flexibility index (Phi) is 32.8. The standard InChI is InChI=1S/C16H29N3O6.C11H22N2O3.2CH4/c1-3-4-5-10-18-13(20)8-7-12(16(24)25)19-14(21)9-6-11(17-2)15(22)23;1-3-4-5-8-13-10(14)7-6-9(12-2)11(15)16;;/h11-12,17H,3-10H2,1-2H3,(H,18,20)(H,19,21)(H,22,23)(H,24,25);9,12H,3-8H2,1-2H3,(H,13,14)(H,15,16);2*1H4/t11-,12-;9-;;/m00../s1. The van der Waals surface area contributed by atoms with Gasteiger partial charge in [-0.05, 0) is 46.2 Å². The molecule has 43 heavy (non-hydrogen) atoms. The molecule has 14 heteroatoms. The van der Waals surface area contributed by atoms with Crippen molar-refractivity contribution in [2.75, 3.05) is 27.2 Å². The zero-order valence-corrected chi connectivity index (χ0v) is 24.9. The van der Waals surface area contributed by atoms with Gasteiger partial charge in [0.05, 0.1) is 0 Å². The molecule has 0 saturated heterocycles. The Balaban J connectivity index is -0.000000368. The molecule has 0 rings (SSSR count). The summed E-state index contributed by atoms with van der Waals surface area (Å²) in [4.78, 5) is 67.5. The predicted molar refractivity (Wildman–Crippen MR) is 167 cm³/mol.